The SMILES string of the molecule is C=Cc1ccc(F)c(CCCCCCCCCC(F)(F)F)c1. The third-order valence-corrected chi connectivity index (χ3v) is 3.71. The van der Waals surface area contributed by atoms with Crippen LogP contribution < -0.4 is 0 Å². The highest BCUT2D eigenvalue weighted by atomic mass is 19.4. The molecule has 22 heavy (non-hydrogen) atoms. The van der Waals surface area contributed by atoms with Gasteiger partial charge in [0.2, 0.25) is 0 Å². The van der Waals surface area contributed by atoms with E-state index in [4.69, 9.17) is 0 Å². The predicted octanol–water partition coefficient (Wildman–Crippen LogP) is 6.69. The monoisotopic (exact) mass is 316 g/mol. The Balaban J connectivity index is 2.07. The Morgan fingerprint density at radius 3 is 2.09 bits per heavy atom. The van der Waals surface area contributed by atoms with Crippen LogP contribution in [0.3, 0.4) is 0 Å². The van der Waals surface area contributed by atoms with Crippen molar-refractivity contribution in [1.82, 2.24) is 0 Å². The summed E-state index contributed by atoms with van der Waals surface area (Å²) in [5, 5.41) is 0. The van der Waals surface area contributed by atoms with Crippen LogP contribution in [0.1, 0.15) is 62.5 Å². The third-order valence-electron chi connectivity index (χ3n) is 3.71. The quantitative estimate of drug-likeness (QED) is 0.333. The van der Waals surface area contributed by atoms with Crippen molar-refractivity contribution in [1.29, 1.82) is 0 Å². The van der Waals surface area contributed by atoms with E-state index in [0.717, 1.165) is 37.7 Å². The Bertz CT molecular complexity index is 449. The van der Waals surface area contributed by atoms with Gasteiger partial charge in [0.05, 0.1) is 0 Å². The number of hydrogen-bond donors (Lipinski definition) is 0. The Morgan fingerprint density at radius 1 is 0.909 bits per heavy atom. The summed E-state index contributed by atoms with van der Waals surface area (Å²) in [7, 11) is 0. The summed E-state index contributed by atoms with van der Waals surface area (Å²) >= 11 is 0. The molecule has 4 heteroatoms. The molecule has 1 aromatic rings. The van der Waals surface area contributed by atoms with E-state index in [1.807, 2.05) is 6.07 Å². The van der Waals surface area contributed by atoms with Gasteiger partial charge in [0.1, 0.15) is 5.82 Å². The second kappa shape index (κ2) is 9.65. The number of rotatable bonds is 10. The molecule has 0 aromatic heterocycles. The minimum absolute atomic E-state index is 0.183. The second-order valence-electron chi connectivity index (χ2n) is 5.65. The van der Waals surface area contributed by atoms with E-state index in [1.165, 1.54) is 6.07 Å². The lowest BCUT2D eigenvalue weighted by molar-refractivity contribution is -0.135. The molecule has 0 nitrogen and oxygen atoms in total. The largest absolute Gasteiger partial charge is 0.389 e. The standard InChI is InChI=1S/C18H24F4/c1-2-15-11-12-17(19)16(14-15)10-8-6-4-3-5-7-9-13-18(20,21)22/h2,11-12,14H,1,3-10,13H2. The molecule has 0 aliphatic heterocycles. The average molecular weight is 316 g/mol. The maximum absolute atomic E-state index is 13.6. The van der Waals surface area contributed by atoms with E-state index in [1.54, 1.807) is 12.1 Å². The number of unbranched alkanes of at least 4 members (excludes halogenated alkanes) is 6. The van der Waals surface area contributed by atoms with Gasteiger partial charge in [0, 0.05) is 6.42 Å². The molecule has 0 aliphatic carbocycles. The molecule has 0 atom stereocenters. The lowest BCUT2D eigenvalue weighted by atomic mass is 10.0. The van der Waals surface area contributed by atoms with Gasteiger partial charge in [-0.25, -0.2) is 4.39 Å². The fourth-order valence-electron chi connectivity index (χ4n) is 2.44. The minimum atomic E-state index is -4.02. The van der Waals surface area contributed by atoms with Crippen molar-refractivity contribution in [2.24, 2.45) is 0 Å². The number of halogens is 4. The highest BCUT2D eigenvalue weighted by Crippen LogP contribution is 2.23. The zero-order valence-corrected chi connectivity index (χ0v) is 12.9. The van der Waals surface area contributed by atoms with Gasteiger partial charge in [-0.2, -0.15) is 13.2 Å². The molecule has 0 saturated carbocycles. The molecule has 0 aliphatic rings. The van der Waals surface area contributed by atoms with Gasteiger partial charge < -0.3 is 0 Å². The van der Waals surface area contributed by atoms with Crippen LogP contribution >= 0.6 is 0 Å². The summed E-state index contributed by atoms with van der Waals surface area (Å²) in [6, 6.07) is 4.99. The summed E-state index contributed by atoms with van der Waals surface area (Å²) in [4.78, 5) is 0. The van der Waals surface area contributed by atoms with E-state index in [2.05, 4.69) is 6.58 Å². The molecule has 0 N–H and O–H groups in total. The molecule has 0 spiro atoms. The number of aryl methyl sites for hydroxylation is 1. The van der Waals surface area contributed by atoms with Crippen LogP contribution in [-0.2, 0) is 6.42 Å². The van der Waals surface area contributed by atoms with Crippen LogP contribution in [-0.4, -0.2) is 6.18 Å². The number of benzene rings is 1. The van der Waals surface area contributed by atoms with E-state index in [0.29, 0.717) is 18.4 Å². The molecular weight excluding hydrogens is 292 g/mol. The summed E-state index contributed by atoms with van der Waals surface area (Å²) < 4.78 is 49.4. The fraction of sp³-hybridized carbons (Fsp3) is 0.556. The highest BCUT2D eigenvalue weighted by molar-refractivity contribution is 5.48. The summed E-state index contributed by atoms with van der Waals surface area (Å²) in [6.07, 6.45) is 3.23. The molecule has 0 unspecified atom stereocenters. The summed E-state index contributed by atoms with van der Waals surface area (Å²) in [5.41, 5.74) is 1.63. The number of alkyl halides is 3. The normalized spacial score (nSPS) is 11.6. The smallest absolute Gasteiger partial charge is 0.207 e. The van der Waals surface area contributed by atoms with E-state index in [9.17, 15) is 17.6 Å². The maximum atomic E-state index is 13.6. The Hall–Kier alpha value is -1.32. The van der Waals surface area contributed by atoms with Gasteiger partial charge in [-0.15, -0.1) is 0 Å². The molecule has 124 valence electrons. The summed E-state index contributed by atoms with van der Waals surface area (Å²) in [6.45, 7) is 3.67. The molecule has 0 heterocycles. The van der Waals surface area contributed by atoms with Crippen molar-refractivity contribution >= 4 is 6.08 Å². The van der Waals surface area contributed by atoms with E-state index < -0.39 is 12.6 Å². The first kappa shape index (κ1) is 18.7. The van der Waals surface area contributed by atoms with Gasteiger partial charge >= 0.3 is 6.18 Å². The van der Waals surface area contributed by atoms with E-state index in [-0.39, 0.29) is 12.2 Å². The molecular formula is C18H24F4. The Morgan fingerprint density at radius 2 is 1.50 bits per heavy atom. The average Bonchev–Trinajstić information content (AvgIpc) is 2.46. The molecule has 0 radical (unpaired) electrons. The highest BCUT2D eigenvalue weighted by Gasteiger charge is 2.25. The fourth-order valence-corrected chi connectivity index (χ4v) is 2.44. The van der Waals surface area contributed by atoms with Gasteiger partial charge in [0.15, 0.2) is 0 Å². The van der Waals surface area contributed by atoms with Crippen molar-refractivity contribution < 1.29 is 17.6 Å². The molecule has 1 aromatic carbocycles. The van der Waals surface area contributed by atoms with Crippen LogP contribution in [0.15, 0.2) is 24.8 Å². The van der Waals surface area contributed by atoms with Crippen LogP contribution in [0.4, 0.5) is 17.6 Å². The minimum Gasteiger partial charge on any atom is -0.207 e. The van der Waals surface area contributed by atoms with Crippen molar-refractivity contribution in [3.8, 4) is 0 Å². The van der Waals surface area contributed by atoms with Crippen molar-refractivity contribution in [3.63, 3.8) is 0 Å². The molecule has 0 fully saturated rings. The first-order valence-electron chi connectivity index (χ1n) is 7.90. The molecule has 0 saturated heterocycles. The van der Waals surface area contributed by atoms with Gasteiger partial charge in [-0.3, -0.25) is 0 Å². The summed E-state index contributed by atoms with van der Waals surface area (Å²) in [5.74, 6) is -0.183. The van der Waals surface area contributed by atoms with Crippen molar-refractivity contribution in [2.45, 2.75) is 64.0 Å². The zero-order chi connectivity index (χ0) is 16.4. The topological polar surface area (TPSA) is 0 Å². The number of hydrogen-bond acceptors (Lipinski definition) is 0. The second-order valence-corrected chi connectivity index (χ2v) is 5.65. The Labute approximate surface area is 130 Å². The van der Waals surface area contributed by atoms with Crippen LogP contribution in [0.2, 0.25) is 0 Å². The van der Waals surface area contributed by atoms with Crippen molar-refractivity contribution in [3.05, 3.63) is 41.7 Å². The Kier molecular flexibility index (Phi) is 8.21. The zero-order valence-electron chi connectivity index (χ0n) is 12.9. The molecule has 0 bridgehead atoms. The van der Waals surface area contributed by atoms with Crippen LogP contribution in [0.25, 0.3) is 6.08 Å². The lowest BCUT2D eigenvalue weighted by Crippen LogP contribution is -2.06. The van der Waals surface area contributed by atoms with Gasteiger partial charge in [-0.05, 0) is 42.5 Å². The van der Waals surface area contributed by atoms with Gasteiger partial charge in [0.25, 0.3) is 0 Å². The predicted molar refractivity (Wildman–Crippen MR) is 83.2 cm³/mol. The maximum Gasteiger partial charge on any atom is 0.389 e. The molecule has 0 amide bonds. The lowest BCUT2D eigenvalue weighted by Gasteiger charge is -2.06. The van der Waals surface area contributed by atoms with Crippen molar-refractivity contribution in [2.75, 3.05) is 0 Å². The first-order chi connectivity index (χ1) is 10.4. The third kappa shape index (κ3) is 8.20. The first-order valence-corrected chi connectivity index (χ1v) is 7.90. The van der Waals surface area contributed by atoms with Crippen LogP contribution in [0.5, 0.6) is 0 Å². The van der Waals surface area contributed by atoms with E-state index >= 15 is 0 Å². The van der Waals surface area contributed by atoms with Crippen LogP contribution in [0, 0.1) is 5.82 Å². The molecule has 1 rings (SSSR count). The van der Waals surface area contributed by atoms with Gasteiger partial charge in [-0.1, -0.05) is 50.8 Å².